The molecule has 27 heavy (non-hydrogen) atoms. The molecular weight excluding hydrogens is 350 g/mol. The Morgan fingerprint density at radius 2 is 1.78 bits per heavy atom. The maximum absolute atomic E-state index is 12.2. The van der Waals surface area contributed by atoms with Crippen LogP contribution in [0.1, 0.15) is 22.8 Å². The Labute approximate surface area is 156 Å². The summed E-state index contributed by atoms with van der Waals surface area (Å²) >= 11 is 0. The van der Waals surface area contributed by atoms with E-state index in [9.17, 15) is 14.4 Å². The molecule has 1 amide bonds. The summed E-state index contributed by atoms with van der Waals surface area (Å²) in [6, 6.07) is 12.8. The summed E-state index contributed by atoms with van der Waals surface area (Å²) < 4.78 is 10.5. The summed E-state index contributed by atoms with van der Waals surface area (Å²) in [6.07, 6.45) is 0.387. The molecule has 1 atom stereocenters. The third-order valence-electron chi connectivity index (χ3n) is 3.88. The molecule has 0 saturated carbocycles. The van der Waals surface area contributed by atoms with E-state index in [2.05, 4.69) is 5.32 Å². The van der Waals surface area contributed by atoms with Gasteiger partial charge in [-0.25, -0.2) is 4.79 Å². The van der Waals surface area contributed by atoms with Crippen LogP contribution in [0.15, 0.2) is 48.5 Å². The van der Waals surface area contributed by atoms with Gasteiger partial charge in [0.2, 0.25) is 0 Å². The third kappa shape index (κ3) is 5.85. The second-order valence-corrected chi connectivity index (χ2v) is 5.88. The maximum Gasteiger partial charge on any atom is 0.335 e. The number of hydrogen-bond donors (Lipinski definition) is 2. The highest BCUT2D eigenvalue weighted by molar-refractivity contribution is 5.89. The monoisotopic (exact) mass is 371 g/mol. The van der Waals surface area contributed by atoms with Gasteiger partial charge in [0.1, 0.15) is 0 Å². The molecule has 0 bridgehead atoms. The van der Waals surface area contributed by atoms with E-state index in [1.807, 2.05) is 30.3 Å². The Kier molecular flexibility index (Phi) is 6.93. The number of Topliss-reactive ketones (excluding diaryl/α,β-unsaturated/α-hetero) is 1. The van der Waals surface area contributed by atoms with Crippen LogP contribution in [0.25, 0.3) is 0 Å². The number of carbonyl (C=O) groups excluding carboxylic acids is 2. The Bertz CT molecular complexity index is 818. The second-order valence-electron chi connectivity index (χ2n) is 5.88. The largest absolute Gasteiger partial charge is 0.493 e. The van der Waals surface area contributed by atoms with Crippen LogP contribution in [0, 0.1) is 0 Å². The number of carboxylic acids is 1. The highest BCUT2D eigenvalue weighted by Gasteiger charge is 2.18. The van der Waals surface area contributed by atoms with E-state index in [1.165, 1.54) is 32.2 Å². The van der Waals surface area contributed by atoms with Gasteiger partial charge in [-0.05, 0) is 37.1 Å². The molecule has 0 spiro atoms. The minimum absolute atomic E-state index is 0.0446. The molecule has 0 radical (unpaired) electrons. The minimum atomic E-state index is -1.09. The van der Waals surface area contributed by atoms with Crippen LogP contribution in [0.2, 0.25) is 0 Å². The van der Waals surface area contributed by atoms with E-state index in [-0.39, 0.29) is 29.5 Å². The van der Waals surface area contributed by atoms with E-state index in [0.29, 0.717) is 6.42 Å². The minimum Gasteiger partial charge on any atom is -0.493 e. The van der Waals surface area contributed by atoms with Crippen LogP contribution in [0.4, 0.5) is 0 Å². The molecule has 142 valence electrons. The van der Waals surface area contributed by atoms with Gasteiger partial charge < -0.3 is 19.9 Å². The molecule has 0 saturated heterocycles. The smallest absolute Gasteiger partial charge is 0.335 e. The quantitative estimate of drug-likeness (QED) is 0.700. The van der Waals surface area contributed by atoms with Crippen molar-refractivity contribution in [2.45, 2.75) is 19.4 Å². The summed E-state index contributed by atoms with van der Waals surface area (Å²) in [6.45, 7) is 1.09. The molecule has 0 heterocycles. The SMILES string of the molecule is COc1cc(C(=O)O)ccc1OCC(=O)N[C@@H](Cc1ccccc1)C(C)=O. The summed E-state index contributed by atoms with van der Waals surface area (Å²) in [5.74, 6) is -1.27. The van der Waals surface area contributed by atoms with Crippen LogP contribution in [0.5, 0.6) is 11.5 Å². The van der Waals surface area contributed by atoms with Gasteiger partial charge in [-0.2, -0.15) is 0 Å². The molecule has 0 aliphatic carbocycles. The molecule has 0 aliphatic rings. The first-order valence-electron chi connectivity index (χ1n) is 8.28. The molecule has 0 aromatic heterocycles. The van der Waals surface area contributed by atoms with Crippen molar-refractivity contribution in [3.8, 4) is 11.5 Å². The zero-order valence-electron chi connectivity index (χ0n) is 15.1. The number of rotatable bonds is 9. The molecule has 2 N–H and O–H groups in total. The molecule has 0 aliphatic heterocycles. The Morgan fingerprint density at radius 3 is 2.37 bits per heavy atom. The summed E-state index contributed by atoms with van der Waals surface area (Å²) in [5.41, 5.74) is 0.980. The van der Waals surface area contributed by atoms with Crippen molar-refractivity contribution in [3.05, 3.63) is 59.7 Å². The van der Waals surface area contributed by atoms with Crippen molar-refractivity contribution in [3.63, 3.8) is 0 Å². The highest BCUT2D eigenvalue weighted by Crippen LogP contribution is 2.28. The number of nitrogens with one attached hydrogen (secondary N) is 1. The van der Waals surface area contributed by atoms with E-state index in [4.69, 9.17) is 14.6 Å². The van der Waals surface area contributed by atoms with Gasteiger partial charge in [-0.1, -0.05) is 30.3 Å². The van der Waals surface area contributed by atoms with Gasteiger partial charge >= 0.3 is 5.97 Å². The third-order valence-corrected chi connectivity index (χ3v) is 3.88. The molecule has 2 aromatic carbocycles. The number of carbonyl (C=O) groups is 3. The van der Waals surface area contributed by atoms with Crippen molar-refractivity contribution in [2.24, 2.45) is 0 Å². The molecule has 0 unspecified atom stereocenters. The number of hydrogen-bond acceptors (Lipinski definition) is 5. The number of aromatic carboxylic acids is 1. The molecular formula is C20H21NO6. The van der Waals surface area contributed by atoms with Gasteiger partial charge in [0.05, 0.1) is 18.7 Å². The van der Waals surface area contributed by atoms with Crippen LogP contribution in [-0.2, 0) is 16.0 Å². The number of benzene rings is 2. The van der Waals surface area contributed by atoms with Crippen molar-refractivity contribution in [1.82, 2.24) is 5.32 Å². The maximum atomic E-state index is 12.2. The zero-order chi connectivity index (χ0) is 19.8. The van der Waals surface area contributed by atoms with Gasteiger partial charge in [0.15, 0.2) is 23.9 Å². The molecule has 7 nitrogen and oxygen atoms in total. The van der Waals surface area contributed by atoms with Crippen LogP contribution in [0.3, 0.4) is 0 Å². The van der Waals surface area contributed by atoms with E-state index in [1.54, 1.807) is 0 Å². The van der Waals surface area contributed by atoms with E-state index < -0.39 is 17.9 Å². The number of ketones is 1. The highest BCUT2D eigenvalue weighted by atomic mass is 16.5. The molecule has 2 rings (SSSR count). The van der Waals surface area contributed by atoms with Crippen molar-refractivity contribution in [1.29, 1.82) is 0 Å². The summed E-state index contributed by atoms with van der Waals surface area (Å²) in [5, 5.41) is 11.6. The van der Waals surface area contributed by atoms with Gasteiger partial charge in [0.25, 0.3) is 5.91 Å². The predicted molar refractivity (Wildman–Crippen MR) is 98.2 cm³/mol. The number of methoxy groups -OCH3 is 1. The Morgan fingerprint density at radius 1 is 1.07 bits per heavy atom. The predicted octanol–water partition coefficient (Wildman–Crippen LogP) is 2.09. The number of ether oxygens (including phenoxy) is 2. The summed E-state index contributed by atoms with van der Waals surface area (Å²) in [7, 11) is 1.37. The molecule has 7 heteroatoms. The average Bonchev–Trinajstić information content (AvgIpc) is 2.66. The van der Waals surface area contributed by atoms with Gasteiger partial charge in [-0.15, -0.1) is 0 Å². The lowest BCUT2D eigenvalue weighted by molar-refractivity contribution is -0.128. The molecule has 0 fully saturated rings. The fourth-order valence-corrected chi connectivity index (χ4v) is 2.45. The van der Waals surface area contributed by atoms with E-state index in [0.717, 1.165) is 5.56 Å². The standard InChI is InChI=1S/C20H21NO6/c1-13(22)16(10-14-6-4-3-5-7-14)21-19(23)12-27-17-9-8-15(20(24)25)11-18(17)26-2/h3-9,11,16H,10,12H2,1-2H3,(H,21,23)(H,24,25)/t16-/m0/s1. The lowest BCUT2D eigenvalue weighted by atomic mass is 10.0. The van der Waals surface area contributed by atoms with Crippen LogP contribution in [-0.4, -0.2) is 42.5 Å². The molecule has 2 aromatic rings. The van der Waals surface area contributed by atoms with E-state index >= 15 is 0 Å². The average molecular weight is 371 g/mol. The van der Waals surface area contributed by atoms with Crippen LogP contribution >= 0.6 is 0 Å². The first-order chi connectivity index (χ1) is 12.9. The Hall–Kier alpha value is -3.35. The second kappa shape index (κ2) is 9.38. The van der Waals surface area contributed by atoms with Gasteiger partial charge in [-0.3, -0.25) is 9.59 Å². The van der Waals surface area contributed by atoms with Crippen LogP contribution < -0.4 is 14.8 Å². The number of carboxylic acid groups (broad SMARTS) is 1. The summed E-state index contributed by atoms with van der Waals surface area (Å²) in [4.78, 5) is 35.0. The van der Waals surface area contributed by atoms with Crippen molar-refractivity contribution < 1.29 is 29.0 Å². The normalized spacial score (nSPS) is 11.3. The lowest BCUT2D eigenvalue weighted by Crippen LogP contribution is -2.43. The van der Waals surface area contributed by atoms with Gasteiger partial charge in [0, 0.05) is 0 Å². The fourth-order valence-electron chi connectivity index (χ4n) is 2.45. The lowest BCUT2D eigenvalue weighted by Gasteiger charge is -2.17. The van der Waals surface area contributed by atoms with Crippen molar-refractivity contribution in [2.75, 3.05) is 13.7 Å². The van der Waals surface area contributed by atoms with Crippen molar-refractivity contribution >= 4 is 17.7 Å². The Balaban J connectivity index is 1.98. The fraction of sp³-hybridized carbons (Fsp3) is 0.250. The topological polar surface area (TPSA) is 102 Å². The first kappa shape index (κ1) is 20.0. The zero-order valence-corrected chi connectivity index (χ0v) is 15.1. The first-order valence-corrected chi connectivity index (χ1v) is 8.28. The number of amides is 1.